The smallest absolute Gasteiger partial charge is 0.0685 e. The van der Waals surface area contributed by atoms with Crippen LogP contribution in [-0.2, 0) is 26.1 Å². The molecule has 0 bridgehead atoms. The summed E-state index contributed by atoms with van der Waals surface area (Å²) in [4.78, 5) is 1.24. The molecule has 0 aromatic heterocycles. The standard InChI is InChI=1S/C24H34O3S/c1-17-12-18(9-11-22(17)28-16-23(27)24(2,3)4)6-5-7-19-8-10-20(14-25)21(13-19)15-26/h8-13,23,25-27H,5-7,14-16H2,1-4H3. The van der Waals surface area contributed by atoms with Crippen LogP contribution in [0.3, 0.4) is 0 Å². The second kappa shape index (κ2) is 10.4. The van der Waals surface area contributed by atoms with Gasteiger partial charge in [-0.05, 0) is 65.5 Å². The maximum atomic E-state index is 10.2. The maximum absolute atomic E-state index is 10.2. The molecule has 2 rings (SSSR count). The van der Waals surface area contributed by atoms with Gasteiger partial charge in [0.15, 0.2) is 0 Å². The molecule has 0 aliphatic carbocycles. The predicted octanol–water partition coefficient (Wildman–Crippen LogP) is 4.65. The lowest BCUT2D eigenvalue weighted by atomic mass is 9.90. The molecule has 0 amide bonds. The molecule has 154 valence electrons. The number of thioether (sulfide) groups is 1. The van der Waals surface area contributed by atoms with Crippen LogP contribution in [0.4, 0.5) is 0 Å². The van der Waals surface area contributed by atoms with E-state index >= 15 is 0 Å². The van der Waals surface area contributed by atoms with E-state index in [1.807, 2.05) is 18.2 Å². The van der Waals surface area contributed by atoms with Crippen LogP contribution in [0.15, 0.2) is 41.3 Å². The summed E-state index contributed by atoms with van der Waals surface area (Å²) in [5.41, 5.74) is 5.31. The topological polar surface area (TPSA) is 60.7 Å². The summed E-state index contributed by atoms with van der Waals surface area (Å²) in [7, 11) is 0. The Hall–Kier alpha value is -1.33. The number of rotatable bonds is 9. The normalized spacial score (nSPS) is 13.0. The SMILES string of the molecule is Cc1cc(CCCc2ccc(CO)c(CO)c2)ccc1SCC(O)C(C)(C)C. The molecular weight excluding hydrogens is 368 g/mol. The van der Waals surface area contributed by atoms with Gasteiger partial charge in [0.2, 0.25) is 0 Å². The van der Waals surface area contributed by atoms with Gasteiger partial charge in [-0.15, -0.1) is 11.8 Å². The molecule has 2 aromatic rings. The number of benzene rings is 2. The van der Waals surface area contributed by atoms with E-state index in [1.165, 1.54) is 21.6 Å². The highest BCUT2D eigenvalue weighted by atomic mass is 32.2. The van der Waals surface area contributed by atoms with E-state index in [0.717, 1.165) is 30.4 Å². The largest absolute Gasteiger partial charge is 0.392 e. The van der Waals surface area contributed by atoms with Gasteiger partial charge in [-0.1, -0.05) is 51.1 Å². The first-order chi connectivity index (χ1) is 13.2. The van der Waals surface area contributed by atoms with E-state index in [9.17, 15) is 15.3 Å². The van der Waals surface area contributed by atoms with Gasteiger partial charge in [0, 0.05) is 10.6 Å². The molecule has 0 aliphatic rings. The molecule has 0 radical (unpaired) electrons. The first-order valence-electron chi connectivity index (χ1n) is 9.97. The minimum absolute atomic E-state index is 0.0351. The summed E-state index contributed by atoms with van der Waals surface area (Å²) in [5, 5.41) is 29.0. The summed E-state index contributed by atoms with van der Waals surface area (Å²) in [5.74, 6) is 0.709. The van der Waals surface area contributed by atoms with Crippen molar-refractivity contribution in [3.05, 3.63) is 64.2 Å². The molecule has 0 spiro atoms. The Morgan fingerprint density at radius 2 is 1.50 bits per heavy atom. The second-order valence-electron chi connectivity index (χ2n) is 8.57. The van der Waals surface area contributed by atoms with Crippen molar-refractivity contribution >= 4 is 11.8 Å². The monoisotopic (exact) mass is 402 g/mol. The predicted molar refractivity (Wildman–Crippen MR) is 118 cm³/mol. The summed E-state index contributed by atoms with van der Waals surface area (Å²) in [6.07, 6.45) is 2.68. The van der Waals surface area contributed by atoms with Crippen LogP contribution in [0.1, 0.15) is 55.0 Å². The highest BCUT2D eigenvalue weighted by Crippen LogP contribution is 2.29. The number of aliphatic hydroxyl groups excluding tert-OH is 3. The van der Waals surface area contributed by atoms with Gasteiger partial charge in [0.05, 0.1) is 19.3 Å². The lowest BCUT2D eigenvalue weighted by Gasteiger charge is -2.25. The molecule has 2 aromatic carbocycles. The van der Waals surface area contributed by atoms with Crippen LogP contribution in [0.5, 0.6) is 0 Å². The number of aryl methyl sites for hydroxylation is 3. The van der Waals surface area contributed by atoms with Crippen LogP contribution >= 0.6 is 11.8 Å². The van der Waals surface area contributed by atoms with Crippen molar-refractivity contribution in [2.45, 2.75) is 71.2 Å². The fraction of sp³-hybridized carbons (Fsp3) is 0.500. The molecule has 0 saturated heterocycles. The molecule has 1 atom stereocenters. The Balaban J connectivity index is 1.89. The summed E-state index contributed by atoms with van der Waals surface area (Å²) in [6, 6.07) is 12.5. The minimum atomic E-state index is -0.322. The Morgan fingerprint density at radius 3 is 2.07 bits per heavy atom. The lowest BCUT2D eigenvalue weighted by Crippen LogP contribution is -2.28. The Labute approximate surface area is 173 Å². The zero-order valence-electron chi connectivity index (χ0n) is 17.5. The number of hydrogen-bond donors (Lipinski definition) is 3. The second-order valence-corrected chi connectivity index (χ2v) is 9.63. The number of hydrogen-bond acceptors (Lipinski definition) is 4. The van der Waals surface area contributed by atoms with Crippen LogP contribution in [0.2, 0.25) is 0 Å². The van der Waals surface area contributed by atoms with Crippen molar-refractivity contribution in [1.82, 2.24) is 0 Å². The van der Waals surface area contributed by atoms with Gasteiger partial charge in [0.25, 0.3) is 0 Å². The van der Waals surface area contributed by atoms with Gasteiger partial charge in [-0.25, -0.2) is 0 Å². The van der Waals surface area contributed by atoms with Gasteiger partial charge in [0.1, 0.15) is 0 Å². The average Bonchev–Trinajstić information content (AvgIpc) is 2.66. The fourth-order valence-electron chi connectivity index (χ4n) is 3.08. The third kappa shape index (κ3) is 6.63. The van der Waals surface area contributed by atoms with E-state index in [2.05, 4.69) is 45.9 Å². The molecule has 3 N–H and O–H groups in total. The maximum Gasteiger partial charge on any atom is 0.0685 e. The van der Waals surface area contributed by atoms with Gasteiger partial charge >= 0.3 is 0 Å². The third-order valence-corrected chi connectivity index (χ3v) is 6.43. The third-order valence-electron chi connectivity index (χ3n) is 5.18. The quantitative estimate of drug-likeness (QED) is 0.534. The zero-order valence-corrected chi connectivity index (χ0v) is 18.4. The van der Waals surface area contributed by atoms with Gasteiger partial charge in [-0.2, -0.15) is 0 Å². The molecule has 4 heteroatoms. The Kier molecular flexibility index (Phi) is 8.56. The van der Waals surface area contributed by atoms with Crippen molar-refractivity contribution in [2.75, 3.05) is 5.75 Å². The van der Waals surface area contributed by atoms with Crippen molar-refractivity contribution < 1.29 is 15.3 Å². The highest BCUT2D eigenvalue weighted by molar-refractivity contribution is 7.99. The summed E-state index contributed by atoms with van der Waals surface area (Å²) >= 11 is 1.72. The summed E-state index contributed by atoms with van der Waals surface area (Å²) < 4.78 is 0. The zero-order chi connectivity index (χ0) is 20.7. The average molecular weight is 403 g/mol. The fourth-order valence-corrected chi connectivity index (χ4v) is 4.37. The van der Waals surface area contributed by atoms with E-state index in [1.54, 1.807) is 11.8 Å². The molecule has 28 heavy (non-hydrogen) atoms. The van der Waals surface area contributed by atoms with Crippen molar-refractivity contribution in [1.29, 1.82) is 0 Å². The highest BCUT2D eigenvalue weighted by Gasteiger charge is 2.22. The van der Waals surface area contributed by atoms with E-state index in [-0.39, 0.29) is 24.7 Å². The molecule has 1 unspecified atom stereocenters. The molecule has 0 saturated carbocycles. The molecule has 0 heterocycles. The van der Waals surface area contributed by atoms with Gasteiger partial charge < -0.3 is 15.3 Å². The Morgan fingerprint density at radius 1 is 0.893 bits per heavy atom. The van der Waals surface area contributed by atoms with Crippen LogP contribution < -0.4 is 0 Å². The lowest BCUT2D eigenvalue weighted by molar-refractivity contribution is 0.0843. The van der Waals surface area contributed by atoms with Crippen molar-refractivity contribution in [3.8, 4) is 0 Å². The van der Waals surface area contributed by atoms with Crippen LogP contribution in [-0.4, -0.2) is 27.2 Å². The molecule has 3 nitrogen and oxygen atoms in total. The van der Waals surface area contributed by atoms with Crippen molar-refractivity contribution in [2.24, 2.45) is 5.41 Å². The Bertz CT molecular complexity index is 765. The first kappa shape index (κ1) is 23.0. The van der Waals surface area contributed by atoms with E-state index in [4.69, 9.17) is 0 Å². The van der Waals surface area contributed by atoms with Crippen LogP contribution in [0, 0.1) is 12.3 Å². The molecular formula is C24H34O3S. The van der Waals surface area contributed by atoms with E-state index < -0.39 is 0 Å². The molecule has 0 aliphatic heterocycles. The molecule has 0 fully saturated rings. The minimum Gasteiger partial charge on any atom is -0.392 e. The number of aliphatic hydroxyl groups is 3. The van der Waals surface area contributed by atoms with Crippen molar-refractivity contribution in [3.63, 3.8) is 0 Å². The van der Waals surface area contributed by atoms with Gasteiger partial charge in [-0.3, -0.25) is 0 Å². The van der Waals surface area contributed by atoms with Crippen LogP contribution in [0.25, 0.3) is 0 Å². The summed E-state index contributed by atoms with van der Waals surface area (Å²) in [6.45, 7) is 8.26. The first-order valence-corrected chi connectivity index (χ1v) is 11.0. The van der Waals surface area contributed by atoms with E-state index in [0.29, 0.717) is 5.75 Å².